The van der Waals surface area contributed by atoms with Gasteiger partial charge >= 0.3 is 6.03 Å². The number of carbonyl (C=O) groups is 1. The van der Waals surface area contributed by atoms with E-state index in [4.69, 9.17) is 9.26 Å². The van der Waals surface area contributed by atoms with Crippen LogP contribution in [0.4, 0.5) is 32.6 Å². The van der Waals surface area contributed by atoms with Crippen LogP contribution in [0.5, 0.6) is 0 Å². The number of nitrogens with one attached hydrogen (secondary N) is 1. The van der Waals surface area contributed by atoms with Crippen LogP contribution in [0.15, 0.2) is 28.8 Å². The second-order valence-corrected chi connectivity index (χ2v) is 10.7. The zero-order valence-corrected chi connectivity index (χ0v) is 20.1. The van der Waals surface area contributed by atoms with E-state index >= 15 is 8.78 Å². The lowest BCUT2D eigenvalue weighted by Gasteiger charge is -2.23. The van der Waals surface area contributed by atoms with Gasteiger partial charge in [0.25, 0.3) is 5.92 Å². The summed E-state index contributed by atoms with van der Waals surface area (Å²) >= 11 is 0. The average Bonchev–Trinajstić information content (AvgIpc) is 3.40. The molecule has 198 valence electrons. The fourth-order valence-corrected chi connectivity index (χ4v) is 5.57. The first-order valence-electron chi connectivity index (χ1n) is 10.8. The summed E-state index contributed by atoms with van der Waals surface area (Å²) in [4.78, 5) is 14.8. The normalized spacial score (nSPS) is 21.3. The van der Waals surface area contributed by atoms with E-state index in [-0.39, 0.29) is 29.0 Å². The number of nitrogens with zero attached hydrogens (tertiary/aromatic N) is 3. The van der Waals surface area contributed by atoms with Gasteiger partial charge < -0.3 is 14.2 Å². The minimum Gasteiger partial charge on any atom is -0.380 e. The van der Waals surface area contributed by atoms with Crippen molar-refractivity contribution in [2.24, 2.45) is 0 Å². The number of amides is 2. The lowest BCUT2D eigenvalue weighted by atomic mass is 9.97. The first kappa shape index (κ1) is 25.4. The number of aromatic nitrogens is 1. The van der Waals surface area contributed by atoms with Gasteiger partial charge in [0.2, 0.25) is 10.0 Å². The molecule has 37 heavy (non-hydrogen) atoms. The Balaban J connectivity index is 1.62. The Hall–Kier alpha value is -3.30. The topological polar surface area (TPSA) is 105 Å². The van der Waals surface area contributed by atoms with Crippen LogP contribution >= 0.6 is 0 Å². The van der Waals surface area contributed by atoms with E-state index in [9.17, 15) is 26.4 Å². The number of hydrogen-bond acceptors (Lipinski definition) is 6. The molecule has 2 saturated heterocycles. The number of urea groups is 1. The summed E-state index contributed by atoms with van der Waals surface area (Å²) < 4.78 is 109. The molecule has 1 aromatic heterocycles. The van der Waals surface area contributed by atoms with Gasteiger partial charge in [-0.3, -0.25) is 4.90 Å². The van der Waals surface area contributed by atoms with Crippen LogP contribution < -0.4 is 9.62 Å². The van der Waals surface area contributed by atoms with Crippen LogP contribution in [-0.4, -0.2) is 69.0 Å². The summed E-state index contributed by atoms with van der Waals surface area (Å²) in [6, 6.07) is -0.720. The van der Waals surface area contributed by atoms with Gasteiger partial charge in [0.15, 0.2) is 11.4 Å². The van der Waals surface area contributed by atoms with E-state index in [1.54, 1.807) is 0 Å². The SMILES string of the molecule is COCc1cc(-c2c(F)cc(F)cc2F)c2c(N3C[C@H]4N(C[C@@H](NS(C)(=O)=O)C4(F)F)C3=O)noc2c1. The quantitative estimate of drug-likeness (QED) is 0.476. The second kappa shape index (κ2) is 8.63. The van der Waals surface area contributed by atoms with Gasteiger partial charge in [-0.05, 0) is 17.7 Å². The second-order valence-electron chi connectivity index (χ2n) is 8.88. The largest absolute Gasteiger partial charge is 0.380 e. The lowest BCUT2D eigenvalue weighted by Crippen LogP contribution is -2.50. The molecule has 2 aliphatic rings. The van der Waals surface area contributed by atoms with Gasteiger partial charge in [0.05, 0.1) is 30.4 Å². The smallest absolute Gasteiger partial charge is 0.326 e. The predicted octanol–water partition coefficient (Wildman–Crippen LogP) is 3.24. The molecule has 0 radical (unpaired) electrons. The molecule has 2 amide bonds. The van der Waals surface area contributed by atoms with Crippen LogP contribution in [-0.2, 0) is 21.4 Å². The van der Waals surface area contributed by atoms with Crippen molar-refractivity contribution in [3.8, 4) is 11.1 Å². The monoisotopic (exact) mass is 546 g/mol. The molecule has 1 N–H and O–H groups in total. The predicted molar refractivity (Wildman–Crippen MR) is 120 cm³/mol. The number of sulfonamides is 1. The number of alkyl halides is 2. The first-order chi connectivity index (χ1) is 17.3. The maximum absolute atomic E-state index is 15.1. The third-order valence-corrected chi connectivity index (χ3v) is 7.02. The van der Waals surface area contributed by atoms with Crippen LogP contribution in [0.25, 0.3) is 22.1 Å². The summed E-state index contributed by atoms with van der Waals surface area (Å²) in [6.07, 6.45) is 0.731. The Morgan fingerprint density at radius 3 is 2.43 bits per heavy atom. The van der Waals surface area contributed by atoms with Crippen molar-refractivity contribution in [3.05, 3.63) is 47.3 Å². The van der Waals surface area contributed by atoms with Crippen molar-refractivity contribution < 1.29 is 44.4 Å². The number of methoxy groups -OCH3 is 1. The summed E-state index contributed by atoms with van der Waals surface area (Å²) in [7, 11) is -2.60. The van der Waals surface area contributed by atoms with Crippen LogP contribution in [0, 0.1) is 17.5 Å². The van der Waals surface area contributed by atoms with Crippen molar-refractivity contribution >= 4 is 32.8 Å². The molecular weight excluding hydrogens is 527 g/mol. The number of rotatable bonds is 6. The molecule has 2 aliphatic heterocycles. The zero-order chi connectivity index (χ0) is 26.9. The molecule has 3 aromatic rings. The Morgan fingerprint density at radius 1 is 1.16 bits per heavy atom. The maximum Gasteiger partial charge on any atom is 0.326 e. The summed E-state index contributed by atoms with van der Waals surface area (Å²) in [6.45, 7) is -1.21. The lowest BCUT2D eigenvalue weighted by molar-refractivity contribution is -0.0324. The standard InChI is InChI=1S/C22H19F5N4O5S/c1-35-9-10-3-12(18-13(24)5-11(23)6-14(18)25)19-15(4-10)36-28-20(19)31-8-17-22(26,27)16(29-37(2,33)34)7-30(17)21(31)32/h3-6,16-17,29H,7-9H2,1-2H3/t16-,17-/m1/s1. The van der Waals surface area contributed by atoms with Crippen LogP contribution in [0.2, 0.25) is 0 Å². The van der Waals surface area contributed by atoms with E-state index in [0.29, 0.717) is 17.7 Å². The molecule has 0 saturated carbocycles. The molecule has 0 spiro atoms. The highest BCUT2D eigenvalue weighted by Crippen LogP contribution is 2.44. The van der Waals surface area contributed by atoms with Gasteiger partial charge in [-0.25, -0.2) is 39.9 Å². The first-order valence-corrected chi connectivity index (χ1v) is 12.7. The number of fused-ring (bicyclic) bond motifs is 2. The van der Waals surface area contributed by atoms with Crippen LogP contribution in [0.3, 0.4) is 0 Å². The molecule has 0 aliphatic carbocycles. The van der Waals surface area contributed by atoms with Crippen LogP contribution in [0.1, 0.15) is 5.56 Å². The number of halogens is 5. The minimum absolute atomic E-state index is 0.00283. The van der Waals surface area contributed by atoms with Gasteiger partial charge in [-0.1, -0.05) is 5.16 Å². The van der Waals surface area contributed by atoms with Crippen molar-refractivity contribution in [2.75, 3.05) is 31.4 Å². The van der Waals surface area contributed by atoms with Crippen molar-refractivity contribution in [1.82, 2.24) is 14.8 Å². The molecular formula is C22H19F5N4O5S. The van der Waals surface area contributed by atoms with E-state index < -0.39 is 70.2 Å². The molecule has 0 bridgehead atoms. The number of benzene rings is 2. The molecule has 9 nitrogen and oxygen atoms in total. The zero-order valence-electron chi connectivity index (χ0n) is 19.3. The van der Waals surface area contributed by atoms with Gasteiger partial charge in [-0.2, -0.15) is 0 Å². The summed E-state index contributed by atoms with van der Waals surface area (Å²) in [5.74, 6) is -7.54. The molecule has 5 rings (SSSR count). The average molecular weight is 546 g/mol. The Bertz CT molecular complexity index is 1510. The molecule has 2 fully saturated rings. The minimum atomic E-state index is -3.99. The Morgan fingerprint density at radius 2 is 1.84 bits per heavy atom. The Labute approximate surface area is 206 Å². The Kier molecular flexibility index (Phi) is 5.91. The van der Waals surface area contributed by atoms with E-state index in [2.05, 4.69) is 5.16 Å². The van der Waals surface area contributed by atoms with Crippen molar-refractivity contribution in [1.29, 1.82) is 0 Å². The fourth-order valence-electron chi connectivity index (χ4n) is 4.82. The third-order valence-electron chi connectivity index (χ3n) is 6.31. The van der Waals surface area contributed by atoms with Crippen molar-refractivity contribution in [3.63, 3.8) is 0 Å². The highest BCUT2D eigenvalue weighted by Gasteiger charge is 2.63. The number of anilines is 1. The van der Waals surface area contributed by atoms with Gasteiger partial charge in [-0.15, -0.1) is 0 Å². The molecule has 3 heterocycles. The fraction of sp³-hybridized carbons (Fsp3) is 0.364. The summed E-state index contributed by atoms with van der Waals surface area (Å²) in [5, 5.41) is 3.77. The van der Waals surface area contributed by atoms with Gasteiger partial charge in [0, 0.05) is 31.4 Å². The van der Waals surface area contributed by atoms with E-state index in [1.807, 2.05) is 4.72 Å². The van der Waals surface area contributed by atoms with Crippen molar-refractivity contribution in [2.45, 2.75) is 24.6 Å². The van der Waals surface area contributed by atoms with E-state index in [0.717, 1.165) is 16.1 Å². The maximum atomic E-state index is 15.1. The highest BCUT2D eigenvalue weighted by molar-refractivity contribution is 7.88. The number of ether oxygens (including phenoxy) is 1. The third kappa shape index (κ3) is 4.20. The highest BCUT2D eigenvalue weighted by atomic mass is 32.2. The number of carbonyl (C=O) groups excluding carboxylic acids is 1. The van der Waals surface area contributed by atoms with E-state index in [1.165, 1.54) is 19.2 Å². The molecule has 2 aromatic carbocycles. The molecule has 2 atom stereocenters. The summed E-state index contributed by atoms with van der Waals surface area (Å²) in [5.41, 5.74) is -0.404. The van der Waals surface area contributed by atoms with Gasteiger partial charge in [0.1, 0.15) is 29.5 Å². The molecule has 0 unspecified atom stereocenters. The molecule has 15 heteroatoms. The number of hydrogen-bond donors (Lipinski definition) is 1.